The molecule has 0 aliphatic heterocycles. The smallest absolute Gasteiger partial charge is 0.0500 e. The van der Waals surface area contributed by atoms with Gasteiger partial charge in [-0.15, -0.1) is 0 Å². The van der Waals surface area contributed by atoms with Crippen molar-refractivity contribution >= 4 is 5.69 Å². The van der Waals surface area contributed by atoms with Crippen LogP contribution >= 0.6 is 0 Å². The molecule has 3 nitrogen and oxygen atoms in total. The number of pyridine rings is 2. The monoisotopic (exact) mass is 217 g/mol. The number of aromatic nitrogens is 2. The van der Waals surface area contributed by atoms with E-state index in [1.807, 2.05) is 39.0 Å². The first-order valence-corrected chi connectivity index (χ1v) is 5.32. The van der Waals surface area contributed by atoms with Crippen molar-refractivity contribution in [3.63, 3.8) is 0 Å². The molecule has 0 atom stereocenters. The molecule has 0 saturated heterocycles. The summed E-state index contributed by atoms with van der Waals surface area (Å²) < 4.78 is 0. The van der Waals surface area contributed by atoms with Crippen molar-refractivity contribution in [3.05, 3.63) is 54.6 Å². The highest BCUT2D eigenvalue weighted by Gasteiger charge is 1.74. The summed E-state index contributed by atoms with van der Waals surface area (Å²) in [7, 11) is 0. The van der Waals surface area contributed by atoms with E-state index in [-0.39, 0.29) is 0 Å². The van der Waals surface area contributed by atoms with E-state index in [4.69, 9.17) is 5.73 Å². The first-order chi connectivity index (χ1) is 7.79. The van der Waals surface area contributed by atoms with Crippen molar-refractivity contribution < 1.29 is 0 Å². The molecule has 3 heteroatoms. The van der Waals surface area contributed by atoms with Crippen LogP contribution in [0.5, 0.6) is 0 Å². The largest absolute Gasteiger partial charge is 0.397 e. The van der Waals surface area contributed by atoms with Crippen LogP contribution < -0.4 is 5.73 Å². The molecule has 16 heavy (non-hydrogen) atoms. The number of nitrogen functional groups attached to an aromatic ring is 1. The second-order valence-corrected chi connectivity index (χ2v) is 2.76. The van der Waals surface area contributed by atoms with Crippen molar-refractivity contribution in [2.45, 2.75) is 20.8 Å². The van der Waals surface area contributed by atoms with Gasteiger partial charge in [0.1, 0.15) is 0 Å². The molecule has 0 amide bonds. The Bertz CT molecular complexity index is 309. The van der Waals surface area contributed by atoms with Gasteiger partial charge in [0, 0.05) is 24.3 Å². The molecule has 2 rings (SSSR count). The third kappa shape index (κ3) is 7.50. The maximum Gasteiger partial charge on any atom is 0.0500 e. The van der Waals surface area contributed by atoms with E-state index in [0.29, 0.717) is 5.69 Å². The van der Waals surface area contributed by atoms with E-state index in [9.17, 15) is 0 Å². The Morgan fingerprint density at radius 2 is 1.75 bits per heavy atom. The first-order valence-electron chi connectivity index (χ1n) is 5.32. The molecule has 2 N–H and O–H groups in total. The van der Waals surface area contributed by atoms with Crippen molar-refractivity contribution in [1.82, 2.24) is 9.97 Å². The van der Waals surface area contributed by atoms with Crippen LogP contribution in [0.1, 0.15) is 19.5 Å². The van der Waals surface area contributed by atoms with Gasteiger partial charge in [0.25, 0.3) is 0 Å². The number of anilines is 1. The number of aryl methyl sites for hydroxylation is 1. The topological polar surface area (TPSA) is 51.8 Å². The maximum atomic E-state index is 5.30. The van der Waals surface area contributed by atoms with Crippen LogP contribution in [-0.4, -0.2) is 9.97 Å². The minimum Gasteiger partial charge on any atom is -0.397 e. The van der Waals surface area contributed by atoms with Crippen LogP contribution in [0.25, 0.3) is 0 Å². The van der Waals surface area contributed by atoms with Gasteiger partial charge in [0.05, 0.1) is 5.69 Å². The molecule has 0 aromatic carbocycles. The molecular weight excluding hydrogens is 198 g/mol. The van der Waals surface area contributed by atoms with Gasteiger partial charge in [0.15, 0.2) is 0 Å². The summed E-state index contributed by atoms with van der Waals surface area (Å²) in [4.78, 5) is 7.74. The molecule has 0 spiro atoms. The number of hydrogen-bond donors (Lipinski definition) is 1. The Morgan fingerprint density at radius 1 is 1.00 bits per heavy atom. The fourth-order valence-electron chi connectivity index (χ4n) is 0.824. The molecule has 0 bridgehead atoms. The van der Waals surface area contributed by atoms with E-state index in [0.717, 1.165) is 5.69 Å². The Hall–Kier alpha value is -1.90. The summed E-state index contributed by atoms with van der Waals surface area (Å²) in [5.41, 5.74) is 7.08. The minimum absolute atomic E-state index is 0.711. The Balaban J connectivity index is 0.000000244. The lowest BCUT2D eigenvalue weighted by molar-refractivity contribution is 1.20. The zero-order valence-electron chi connectivity index (χ0n) is 10.1. The molecule has 0 aliphatic rings. The van der Waals surface area contributed by atoms with Gasteiger partial charge >= 0.3 is 0 Å². The molecular formula is C13H19N3. The minimum atomic E-state index is 0.711. The third-order valence-electron chi connectivity index (χ3n) is 1.50. The van der Waals surface area contributed by atoms with E-state index in [1.165, 1.54) is 0 Å². The number of rotatable bonds is 0. The normalized spacial score (nSPS) is 7.94. The lowest BCUT2D eigenvalue weighted by atomic mass is 10.4. The first kappa shape index (κ1) is 14.1. The van der Waals surface area contributed by atoms with E-state index in [1.54, 1.807) is 30.7 Å². The van der Waals surface area contributed by atoms with Gasteiger partial charge in [0.2, 0.25) is 0 Å². The van der Waals surface area contributed by atoms with Gasteiger partial charge in [-0.3, -0.25) is 9.97 Å². The van der Waals surface area contributed by atoms with E-state index >= 15 is 0 Å². The quantitative estimate of drug-likeness (QED) is 0.737. The molecule has 0 unspecified atom stereocenters. The molecule has 2 heterocycles. The molecule has 86 valence electrons. The summed E-state index contributed by atoms with van der Waals surface area (Å²) >= 11 is 0. The molecule has 0 saturated carbocycles. The predicted molar refractivity (Wildman–Crippen MR) is 69.0 cm³/mol. The van der Waals surface area contributed by atoms with Crippen molar-refractivity contribution in [2.24, 2.45) is 0 Å². The van der Waals surface area contributed by atoms with Crippen LogP contribution in [0.4, 0.5) is 5.69 Å². The number of nitrogens with two attached hydrogens (primary N) is 1. The second kappa shape index (κ2) is 9.65. The summed E-state index contributed by atoms with van der Waals surface area (Å²) in [5.74, 6) is 0. The predicted octanol–water partition coefficient (Wildman–Crippen LogP) is 3.08. The zero-order chi connectivity index (χ0) is 12.2. The van der Waals surface area contributed by atoms with E-state index < -0.39 is 0 Å². The average molecular weight is 217 g/mol. The molecule has 2 aromatic heterocycles. The Kier molecular flexibility index (Phi) is 8.50. The second-order valence-electron chi connectivity index (χ2n) is 2.76. The van der Waals surface area contributed by atoms with Crippen molar-refractivity contribution in [2.75, 3.05) is 5.73 Å². The van der Waals surface area contributed by atoms with Gasteiger partial charge in [-0.1, -0.05) is 19.9 Å². The van der Waals surface area contributed by atoms with Crippen LogP contribution in [0.15, 0.2) is 48.9 Å². The lowest BCUT2D eigenvalue weighted by Crippen LogP contribution is -1.82. The van der Waals surface area contributed by atoms with Gasteiger partial charge in [-0.2, -0.15) is 0 Å². The molecule has 0 aliphatic carbocycles. The van der Waals surface area contributed by atoms with Crippen molar-refractivity contribution in [1.29, 1.82) is 0 Å². The summed E-state index contributed by atoms with van der Waals surface area (Å²) in [6.45, 7) is 5.97. The lowest BCUT2D eigenvalue weighted by Gasteiger charge is -1.83. The zero-order valence-corrected chi connectivity index (χ0v) is 10.1. The molecule has 0 radical (unpaired) electrons. The summed E-state index contributed by atoms with van der Waals surface area (Å²) in [5, 5.41) is 0. The van der Waals surface area contributed by atoms with Gasteiger partial charge < -0.3 is 5.73 Å². The molecule has 2 aromatic rings. The number of hydrogen-bond acceptors (Lipinski definition) is 3. The molecule has 0 fully saturated rings. The fraction of sp³-hybridized carbons (Fsp3) is 0.231. The standard InChI is InChI=1S/C6H7N.C5H6N2.C2H6/c1-6-4-2-3-5-7-6;6-5-2-1-3-7-4-5;1-2/h2-5H,1H3;1-4H,6H2;1-2H3. The summed E-state index contributed by atoms with van der Waals surface area (Å²) in [6.07, 6.45) is 5.09. The highest BCUT2D eigenvalue weighted by atomic mass is 14.7. The Morgan fingerprint density at radius 3 is 2.00 bits per heavy atom. The van der Waals surface area contributed by atoms with Gasteiger partial charge in [-0.25, -0.2) is 0 Å². The fourth-order valence-corrected chi connectivity index (χ4v) is 0.824. The van der Waals surface area contributed by atoms with Gasteiger partial charge in [-0.05, 0) is 31.2 Å². The van der Waals surface area contributed by atoms with Crippen molar-refractivity contribution in [3.8, 4) is 0 Å². The summed E-state index contributed by atoms with van der Waals surface area (Å²) in [6, 6.07) is 9.46. The van der Waals surface area contributed by atoms with Crippen LogP contribution in [0.2, 0.25) is 0 Å². The van der Waals surface area contributed by atoms with E-state index in [2.05, 4.69) is 9.97 Å². The highest BCUT2D eigenvalue weighted by molar-refractivity contribution is 5.32. The highest BCUT2D eigenvalue weighted by Crippen LogP contribution is 1.92. The third-order valence-corrected chi connectivity index (χ3v) is 1.50. The van der Waals surface area contributed by atoms with Crippen LogP contribution in [0, 0.1) is 6.92 Å². The average Bonchev–Trinajstić information content (AvgIpc) is 2.34. The Labute approximate surface area is 97.4 Å². The maximum absolute atomic E-state index is 5.30. The van der Waals surface area contributed by atoms with Crippen LogP contribution in [0.3, 0.4) is 0 Å². The van der Waals surface area contributed by atoms with Crippen LogP contribution in [-0.2, 0) is 0 Å². The SMILES string of the molecule is CC.Cc1ccccn1.Nc1cccnc1. The number of nitrogens with zero attached hydrogens (tertiary/aromatic N) is 2.